The first-order chi connectivity index (χ1) is 12.8. The van der Waals surface area contributed by atoms with Crippen molar-refractivity contribution in [2.24, 2.45) is 0 Å². The highest BCUT2D eigenvalue weighted by molar-refractivity contribution is 6.30. The Morgan fingerprint density at radius 3 is 2.48 bits per heavy atom. The maximum Gasteiger partial charge on any atom is 0.341 e. The molecule has 2 amide bonds. The van der Waals surface area contributed by atoms with Gasteiger partial charge in [0, 0.05) is 11.9 Å². The summed E-state index contributed by atoms with van der Waals surface area (Å²) in [5.41, 5.74) is 1.09. The summed E-state index contributed by atoms with van der Waals surface area (Å²) < 4.78 is 10.1. The van der Waals surface area contributed by atoms with Crippen molar-refractivity contribution in [1.29, 1.82) is 0 Å². The number of halogens is 1. The highest BCUT2D eigenvalue weighted by atomic mass is 35.5. The predicted octanol–water partition coefficient (Wildman–Crippen LogP) is 2.91. The van der Waals surface area contributed by atoms with Crippen LogP contribution in [0, 0.1) is 6.92 Å². The standard InChI is InChI=1S/C19H21ClN2O5/c1-11-16(19(25)26-3)8-15(27-11)10-21-18(24)9-17(22-12(2)23)13-4-6-14(20)7-5-13/h4-8,17H,9-10H2,1-3H3,(H,21,24)(H,22,23). The summed E-state index contributed by atoms with van der Waals surface area (Å²) in [7, 11) is 1.29. The molecule has 0 bridgehead atoms. The van der Waals surface area contributed by atoms with Gasteiger partial charge in [-0.05, 0) is 30.7 Å². The van der Waals surface area contributed by atoms with Crippen LogP contribution in [0.3, 0.4) is 0 Å². The van der Waals surface area contributed by atoms with E-state index in [0.29, 0.717) is 22.1 Å². The molecule has 1 aromatic carbocycles. The number of carbonyl (C=O) groups excluding carboxylic acids is 3. The van der Waals surface area contributed by atoms with Crippen molar-refractivity contribution in [3.8, 4) is 0 Å². The van der Waals surface area contributed by atoms with Gasteiger partial charge in [-0.2, -0.15) is 0 Å². The molecule has 0 saturated carbocycles. The molecule has 0 fully saturated rings. The number of rotatable bonds is 7. The Hall–Kier alpha value is -2.80. The number of esters is 1. The maximum atomic E-state index is 12.3. The van der Waals surface area contributed by atoms with E-state index in [4.69, 9.17) is 16.0 Å². The van der Waals surface area contributed by atoms with E-state index in [1.165, 1.54) is 20.1 Å². The second-order valence-electron chi connectivity index (χ2n) is 5.96. The molecule has 1 heterocycles. The zero-order valence-corrected chi connectivity index (χ0v) is 16.1. The second-order valence-corrected chi connectivity index (χ2v) is 6.40. The summed E-state index contributed by atoms with van der Waals surface area (Å²) in [6, 6.07) is 7.96. The number of benzene rings is 1. The van der Waals surface area contributed by atoms with Crippen molar-refractivity contribution >= 4 is 29.4 Å². The quantitative estimate of drug-likeness (QED) is 0.706. The first kappa shape index (κ1) is 20.5. The Bertz CT molecular complexity index is 829. The maximum absolute atomic E-state index is 12.3. The van der Waals surface area contributed by atoms with E-state index in [2.05, 4.69) is 15.4 Å². The van der Waals surface area contributed by atoms with Gasteiger partial charge in [0.05, 0.1) is 26.1 Å². The number of ether oxygens (including phenoxy) is 1. The lowest BCUT2D eigenvalue weighted by molar-refractivity contribution is -0.123. The van der Waals surface area contributed by atoms with Gasteiger partial charge < -0.3 is 19.8 Å². The summed E-state index contributed by atoms with van der Waals surface area (Å²) in [4.78, 5) is 35.4. The number of hydrogen-bond donors (Lipinski definition) is 2. The first-order valence-electron chi connectivity index (χ1n) is 8.27. The summed E-state index contributed by atoms with van der Waals surface area (Å²) in [6.45, 7) is 3.15. The smallest absolute Gasteiger partial charge is 0.341 e. The minimum atomic E-state index is -0.498. The Balaban J connectivity index is 2.00. The fourth-order valence-electron chi connectivity index (χ4n) is 2.58. The lowest BCUT2D eigenvalue weighted by Gasteiger charge is -2.18. The minimum Gasteiger partial charge on any atom is -0.465 e. The van der Waals surface area contributed by atoms with Gasteiger partial charge in [-0.3, -0.25) is 9.59 Å². The van der Waals surface area contributed by atoms with Gasteiger partial charge in [-0.15, -0.1) is 0 Å². The number of nitrogens with one attached hydrogen (secondary N) is 2. The summed E-state index contributed by atoms with van der Waals surface area (Å²) >= 11 is 5.88. The molecular formula is C19H21ClN2O5. The van der Waals surface area contributed by atoms with Crippen LogP contribution >= 0.6 is 11.6 Å². The molecule has 0 spiro atoms. The average Bonchev–Trinajstić information content (AvgIpc) is 3.00. The molecule has 2 N–H and O–H groups in total. The number of furan rings is 1. The molecule has 0 aliphatic carbocycles. The van der Waals surface area contributed by atoms with Crippen LogP contribution < -0.4 is 10.6 Å². The summed E-state index contributed by atoms with van der Waals surface area (Å²) in [6.07, 6.45) is 0.0464. The largest absolute Gasteiger partial charge is 0.465 e. The normalized spacial score (nSPS) is 11.6. The Kier molecular flexibility index (Phi) is 7.01. The second kappa shape index (κ2) is 9.23. The molecule has 0 saturated heterocycles. The van der Waals surface area contributed by atoms with Crippen LogP contribution in [0.5, 0.6) is 0 Å². The third-order valence-corrected chi connectivity index (χ3v) is 4.13. The molecule has 1 atom stereocenters. The van der Waals surface area contributed by atoms with Gasteiger partial charge in [-0.25, -0.2) is 4.79 Å². The van der Waals surface area contributed by atoms with E-state index in [0.717, 1.165) is 5.56 Å². The van der Waals surface area contributed by atoms with E-state index in [1.54, 1.807) is 31.2 Å². The van der Waals surface area contributed by atoms with Crippen LogP contribution in [0.2, 0.25) is 5.02 Å². The van der Waals surface area contributed by atoms with E-state index < -0.39 is 12.0 Å². The van der Waals surface area contributed by atoms with E-state index in [1.807, 2.05) is 0 Å². The lowest BCUT2D eigenvalue weighted by Crippen LogP contribution is -2.32. The van der Waals surface area contributed by atoms with E-state index >= 15 is 0 Å². The van der Waals surface area contributed by atoms with Crippen molar-refractivity contribution in [2.75, 3.05) is 7.11 Å². The van der Waals surface area contributed by atoms with Crippen molar-refractivity contribution in [3.05, 3.63) is 58.0 Å². The van der Waals surface area contributed by atoms with Crippen LogP contribution in [0.1, 0.15) is 46.8 Å². The molecule has 27 heavy (non-hydrogen) atoms. The molecule has 8 heteroatoms. The molecule has 1 aromatic heterocycles. The fourth-order valence-corrected chi connectivity index (χ4v) is 2.71. The highest BCUT2D eigenvalue weighted by Gasteiger charge is 2.19. The lowest BCUT2D eigenvalue weighted by atomic mass is 10.0. The van der Waals surface area contributed by atoms with Gasteiger partial charge in [0.2, 0.25) is 11.8 Å². The van der Waals surface area contributed by atoms with Crippen LogP contribution in [-0.2, 0) is 20.9 Å². The van der Waals surface area contributed by atoms with Gasteiger partial charge in [0.25, 0.3) is 0 Å². The molecular weight excluding hydrogens is 372 g/mol. The molecule has 0 aliphatic heterocycles. The molecule has 2 aromatic rings. The molecule has 0 radical (unpaired) electrons. The number of hydrogen-bond acceptors (Lipinski definition) is 5. The van der Waals surface area contributed by atoms with Crippen molar-refractivity contribution in [3.63, 3.8) is 0 Å². The van der Waals surface area contributed by atoms with Crippen LogP contribution in [0.15, 0.2) is 34.7 Å². The monoisotopic (exact) mass is 392 g/mol. The van der Waals surface area contributed by atoms with Gasteiger partial charge in [-0.1, -0.05) is 23.7 Å². The van der Waals surface area contributed by atoms with Crippen LogP contribution in [0.4, 0.5) is 0 Å². The topological polar surface area (TPSA) is 97.6 Å². The zero-order chi connectivity index (χ0) is 20.0. The minimum absolute atomic E-state index is 0.0464. The van der Waals surface area contributed by atoms with Gasteiger partial charge in [0.1, 0.15) is 17.1 Å². The van der Waals surface area contributed by atoms with Crippen molar-refractivity contribution < 1.29 is 23.5 Å². The van der Waals surface area contributed by atoms with Crippen molar-refractivity contribution in [2.45, 2.75) is 32.9 Å². The summed E-state index contributed by atoms with van der Waals surface area (Å²) in [5.74, 6) is -0.168. The van der Waals surface area contributed by atoms with Crippen LogP contribution in [-0.4, -0.2) is 24.9 Å². The third-order valence-electron chi connectivity index (χ3n) is 3.87. The Labute approximate surface area is 162 Å². The number of methoxy groups -OCH3 is 1. The molecule has 0 aliphatic rings. The number of amides is 2. The Morgan fingerprint density at radius 2 is 1.89 bits per heavy atom. The van der Waals surface area contributed by atoms with Crippen LogP contribution in [0.25, 0.3) is 0 Å². The highest BCUT2D eigenvalue weighted by Crippen LogP contribution is 2.20. The average molecular weight is 393 g/mol. The van der Waals surface area contributed by atoms with E-state index in [-0.39, 0.29) is 24.8 Å². The number of aryl methyl sites for hydroxylation is 1. The van der Waals surface area contributed by atoms with Crippen molar-refractivity contribution in [1.82, 2.24) is 10.6 Å². The molecule has 144 valence electrons. The SMILES string of the molecule is COC(=O)c1cc(CNC(=O)CC(NC(C)=O)c2ccc(Cl)cc2)oc1C. The van der Waals surface area contributed by atoms with Gasteiger partial charge in [0.15, 0.2) is 0 Å². The third kappa shape index (κ3) is 5.86. The molecule has 2 rings (SSSR count). The first-order valence-corrected chi connectivity index (χ1v) is 8.64. The summed E-state index contributed by atoms with van der Waals surface area (Å²) in [5, 5.41) is 6.04. The van der Waals surface area contributed by atoms with Gasteiger partial charge >= 0.3 is 5.97 Å². The Morgan fingerprint density at radius 1 is 1.22 bits per heavy atom. The fraction of sp³-hybridized carbons (Fsp3) is 0.316. The predicted molar refractivity (Wildman–Crippen MR) is 99.3 cm³/mol. The van der Waals surface area contributed by atoms with E-state index in [9.17, 15) is 14.4 Å². The number of carbonyl (C=O) groups is 3. The molecule has 1 unspecified atom stereocenters. The zero-order valence-electron chi connectivity index (χ0n) is 15.3. The molecule has 7 nitrogen and oxygen atoms in total.